The van der Waals surface area contributed by atoms with Gasteiger partial charge in [0.15, 0.2) is 0 Å². The summed E-state index contributed by atoms with van der Waals surface area (Å²) in [6.07, 6.45) is 5.13. The molecule has 0 radical (unpaired) electrons. The average molecular weight is 249 g/mol. The van der Waals surface area contributed by atoms with Crippen LogP contribution in [0.1, 0.15) is 11.6 Å². The molecule has 6 heteroatoms. The highest BCUT2D eigenvalue weighted by atomic mass is 19.1. The van der Waals surface area contributed by atoms with Crippen molar-refractivity contribution in [1.82, 2.24) is 4.90 Å². The Morgan fingerprint density at radius 2 is 2.00 bits per heavy atom. The Labute approximate surface area is 102 Å². The molecule has 1 heterocycles. The lowest BCUT2D eigenvalue weighted by atomic mass is 10.0. The van der Waals surface area contributed by atoms with Crippen molar-refractivity contribution in [2.24, 2.45) is 10.7 Å². The smallest absolute Gasteiger partial charge is 0.346 e. The number of halogens is 2. The number of carbonyl (C=O) groups is 1. The Balaban J connectivity index is 2.44. The summed E-state index contributed by atoms with van der Waals surface area (Å²) in [5.41, 5.74) is 5.80. The van der Waals surface area contributed by atoms with Crippen LogP contribution in [-0.2, 0) is 0 Å². The second kappa shape index (κ2) is 4.45. The van der Waals surface area contributed by atoms with E-state index in [2.05, 4.69) is 10.9 Å². The normalized spacial score (nSPS) is 18.7. The van der Waals surface area contributed by atoms with Crippen molar-refractivity contribution >= 4 is 11.9 Å². The summed E-state index contributed by atoms with van der Waals surface area (Å²) in [5.74, 6) is 0.747. The molecule has 4 nitrogen and oxygen atoms in total. The number of benzene rings is 1. The van der Waals surface area contributed by atoms with Crippen LogP contribution in [0.2, 0.25) is 0 Å². The van der Waals surface area contributed by atoms with E-state index in [-0.39, 0.29) is 17.9 Å². The minimum absolute atomic E-state index is 0.0275. The van der Waals surface area contributed by atoms with Crippen LogP contribution in [0, 0.1) is 24.0 Å². The summed E-state index contributed by atoms with van der Waals surface area (Å²) in [4.78, 5) is 16.2. The summed E-state index contributed by atoms with van der Waals surface area (Å²) < 4.78 is 26.3. The molecule has 1 aliphatic heterocycles. The molecule has 0 fully saturated rings. The van der Waals surface area contributed by atoms with E-state index < -0.39 is 23.7 Å². The maximum Gasteiger partial charge on any atom is 0.346 e. The lowest BCUT2D eigenvalue weighted by Gasteiger charge is -2.22. The second-order valence-corrected chi connectivity index (χ2v) is 3.76. The Hall–Kier alpha value is -2.42. The van der Waals surface area contributed by atoms with Crippen LogP contribution >= 0.6 is 0 Å². The van der Waals surface area contributed by atoms with Gasteiger partial charge in [0.25, 0.3) is 0 Å². The van der Waals surface area contributed by atoms with Gasteiger partial charge in [-0.05, 0) is 17.7 Å². The van der Waals surface area contributed by atoms with Crippen molar-refractivity contribution in [3.8, 4) is 12.3 Å². The molecule has 1 aromatic rings. The van der Waals surface area contributed by atoms with E-state index in [9.17, 15) is 13.6 Å². The zero-order valence-corrected chi connectivity index (χ0v) is 9.23. The molecule has 0 aliphatic carbocycles. The number of nitrogens with two attached hydrogens (primary N) is 1. The van der Waals surface area contributed by atoms with Crippen LogP contribution in [0.3, 0.4) is 0 Å². The zero-order valence-electron chi connectivity index (χ0n) is 9.23. The number of nitrogens with zero attached hydrogens (tertiary/aromatic N) is 2. The Kier molecular flexibility index (Phi) is 2.98. The number of amidine groups is 1. The fourth-order valence-corrected chi connectivity index (χ4v) is 1.85. The molecule has 0 saturated carbocycles. The van der Waals surface area contributed by atoms with Crippen LogP contribution < -0.4 is 5.73 Å². The molecule has 92 valence electrons. The number of rotatable bonds is 2. The van der Waals surface area contributed by atoms with E-state index in [4.69, 9.17) is 12.2 Å². The third-order valence-electron chi connectivity index (χ3n) is 2.52. The van der Waals surface area contributed by atoms with Crippen molar-refractivity contribution in [3.05, 3.63) is 35.4 Å². The zero-order chi connectivity index (χ0) is 13.3. The van der Waals surface area contributed by atoms with E-state index in [1.54, 1.807) is 0 Å². The average Bonchev–Trinajstić information content (AvgIpc) is 2.53. The summed E-state index contributed by atoms with van der Waals surface area (Å²) in [6, 6.07) is 1.49. The molecule has 0 saturated heterocycles. The monoisotopic (exact) mass is 249 g/mol. The van der Waals surface area contributed by atoms with Crippen LogP contribution in [0.25, 0.3) is 0 Å². The van der Waals surface area contributed by atoms with Crippen molar-refractivity contribution in [2.45, 2.75) is 6.04 Å². The number of amides is 2. The Morgan fingerprint density at radius 1 is 1.39 bits per heavy atom. The predicted molar refractivity (Wildman–Crippen MR) is 61.7 cm³/mol. The maximum atomic E-state index is 13.2. The molecule has 1 atom stereocenters. The molecular formula is C12H9F2N3O. The minimum Gasteiger partial charge on any atom is -0.385 e. The van der Waals surface area contributed by atoms with E-state index in [1.165, 1.54) is 4.90 Å². The first-order valence-electron chi connectivity index (χ1n) is 5.07. The third-order valence-corrected chi connectivity index (χ3v) is 2.52. The molecule has 1 aliphatic rings. The third kappa shape index (κ3) is 2.02. The molecule has 0 spiro atoms. The summed E-state index contributed by atoms with van der Waals surface area (Å²) in [7, 11) is 0. The summed E-state index contributed by atoms with van der Waals surface area (Å²) in [6.45, 7) is -0.0359. The van der Waals surface area contributed by atoms with E-state index >= 15 is 0 Å². The fraction of sp³-hybridized carbons (Fsp3) is 0.167. The van der Waals surface area contributed by atoms with Crippen LogP contribution in [0.5, 0.6) is 0 Å². The molecule has 2 rings (SSSR count). The number of hydrogen-bond acceptors (Lipinski definition) is 2. The first kappa shape index (κ1) is 12.0. The van der Waals surface area contributed by atoms with E-state index in [0.717, 1.165) is 18.2 Å². The lowest BCUT2D eigenvalue weighted by molar-refractivity contribution is 0.213. The van der Waals surface area contributed by atoms with Crippen molar-refractivity contribution in [2.75, 3.05) is 6.54 Å². The van der Waals surface area contributed by atoms with Crippen molar-refractivity contribution in [3.63, 3.8) is 0 Å². The molecule has 0 bridgehead atoms. The highest BCUT2D eigenvalue weighted by molar-refractivity contribution is 6.03. The first-order chi connectivity index (χ1) is 8.52. The Morgan fingerprint density at radius 3 is 2.56 bits per heavy atom. The van der Waals surface area contributed by atoms with Gasteiger partial charge in [-0.25, -0.2) is 13.6 Å². The molecule has 1 aromatic carbocycles. The number of carbonyl (C=O) groups excluding carboxylic acids is 1. The van der Waals surface area contributed by atoms with Gasteiger partial charge in [-0.2, -0.15) is 4.99 Å². The number of aliphatic imine (C=N–C) groups is 1. The van der Waals surface area contributed by atoms with E-state index in [1.807, 2.05) is 0 Å². The SMILES string of the molecule is C#CCN1C(=O)N=C(N)C1c1cc(F)cc(F)c1. The molecule has 2 N–H and O–H groups in total. The molecule has 0 aromatic heterocycles. The van der Waals surface area contributed by atoms with Gasteiger partial charge in [-0.15, -0.1) is 6.42 Å². The fourth-order valence-electron chi connectivity index (χ4n) is 1.85. The number of terminal acetylenes is 1. The largest absolute Gasteiger partial charge is 0.385 e. The highest BCUT2D eigenvalue weighted by Crippen LogP contribution is 2.27. The maximum absolute atomic E-state index is 13.2. The molecule has 2 amide bonds. The van der Waals surface area contributed by atoms with Gasteiger partial charge >= 0.3 is 6.03 Å². The number of urea groups is 1. The van der Waals surface area contributed by atoms with Gasteiger partial charge in [-0.3, -0.25) is 4.90 Å². The topological polar surface area (TPSA) is 58.7 Å². The first-order valence-corrected chi connectivity index (χ1v) is 5.07. The second-order valence-electron chi connectivity index (χ2n) is 3.76. The number of hydrogen-bond donors (Lipinski definition) is 1. The van der Waals surface area contributed by atoms with Gasteiger partial charge in [0.1, 0.15) is 23.5 Å². The van der Waals surface area contributed by atoms with Crippen LogP contribution in [0.4, 0.5) is 13.6 Å². The quantitative estimate of drug-likeness (QED) is 0.806. The van der Waals surface area contributed by atoms with E-state index in [0.29, 0.717) is 0 Å². The van der Waals surface area contributed by atoms with Crippen LogP contribution in [0.15, 0.2) is 23.2 Å². The van der Waals surface area contributed by atoms with Gasteiger partial charge in [0.2, 0.25) is 0 Å². The van der Waals surface area contributed by atoms with Gasteiger partial charge in [0, 0.05) is 6.07 Å². The predicted octanol–water partition coefficient (Wildman–Crippen LogP) is 1.43. The Bertz CT molecular complexity index is 557. The van der Waals surface area contributed by atoms with Gasteiger partial charge in [-0.1, -0.05) is 5.92 Å². The van der Waals surface area contributed by atoms with Crippen molar-refractivity contribution in [1.29, 1.82) is 0 Å². The van der Waals surface area contributed by atoms with Crippen molar-refractivity contribution < 1.29 is 13.6 Å². The minimum atomic E-state index is -0.821. The molecular weight excluding hydrogens is 240 g/mol. The standard InChI is InChI=1S/C12H9F2N3O/c1-2-3-17-10(11(15)16-12(17)18)7-4-8(13)6-9(14)5-7/h1,4-6,10H,3H2,(H2,15,16,18). The highest BCUT2D eigenvalue weighted by Gasteiger charge is 2.34. The van der Waals surface area contributed by atoms with Gasteiger partial charge < -0.3 is 5.73 Å². The lowest BCUT2D eigenvalue weighted by Crippen LogP contribution is -2.33. The summed E-state index contributed by atoms with van der Waals surface area (Å²) in [5, 5.41) is 0. The summed E-state index contributed by atoms with van der Waals surface area (Å²) >= 11 is 0. The van der Waals surface area contributed by atoms with Crippen LogP contribution in [-0.4, -0.2) is 23.3 Å². The van der Waals surface area contributed by atoms with Gasteiger partial charge in [0.05, 0.1) is 6.54 Å². The molecule has 1 unspecified atom stereocenters. The molecule has 18 heavy (non-hydrogen) atoms.